The first-order valence-electron chi connectivity index (χ1n) is 10.6. The van der Waals surface area contributed by atoms with E-state index in [0.29, 0.717) is 0 Å². The predicted octanol–water partition coefficient (Wildman–Crippen LogP) is 5.33. The zero-order valence-electron chi connectivity index (χ0n) is 19.9. The molecule has 0 aromatic heterocycles. The quantitative estimate of drug-likeness (QED) is 0.295. The minimum Gasteiger partial charge on any atom is -0.367 e. The Morgan fingerprint density at radius 1 is 0.700 bits per heavy atom. The molecule has 0 unspecified atom stereocenters. The van der Waals surface area contributed by atoms with Crippen LogP contribution < -0.4 is 10.4 Å². The van der Waals surface area contributed by atoms with Gasteiger partial charge in [-0.15, -0.1) is 10.1 Å². The Morgan fingerprint density at radius 2 is 1.03 bits per heavy atom. The fourth-order valence-electron chi connectivity index (χ4n) is 7.43. The lowest BCUT2D eigenvalue weighted by molar-refractivity contribution is -0.721. The zero-order chi connectivity index (χ0) is 23.0. The molecule has 0 amide bonds. The van der Waals surface area contributed by atoms with Gasteiger partial charge in [0.2, 0.25) is 8.32 Å². The van der Waals surface area contributed by atoms with Crippen molar-refractivity contribution in [3.05, 3.63) is 70.8 Å². The molecule has 0 bridgehead atoms. The van der Waals surface area contributed by atoms with Gasteiger partial charge in [0.1, 0.15) is 8.07 Å². The van der Waals surface area contributed by atoms with Crippen LogP contribution in [-0.4, -0.2) is 37.6 Å². The number of hydrogen-bond donors (Lipinski definition) is 0. The summed E-state index contributed by atoms with van der Waals surface area (Å²) in [5, 5.41) is 14.0. The van der Waals surface area contributed by atoms with Crippen LogP contribution in [0.25, 0.3) is 0 Å². The fraction of sp³-hybridized carbons (Fsp3) is 0.455. The van der Waals surface area contributed by atoms with Crippen molar-refractivity contribution in [3.63, 3.8) is 0 Å². The first-order chi connectivity index (χ1) is 13.6. The molecule has 164 valence electrons. The summed E-state index contributed by atoms with van der Waals surface area (Å²) in [6.07, 6.45) is 0. The van der Waals surface area contributed by atoms with Gasteiger partial charge >= 0.3 is 0 Å². The van der Waals surface area contributed by atoms with E-state index in [4.69, 9.17) is 4.53 Å². The van der Waals surface area contributed by atoms with Gasteiger partial charge in [0.15, 0.2) is 0 Å². The topological polar surface area (TPSA) is 52.4 Å². The Morgan fingerprint density at radius 3 is 1.30 bits per heavy atom. The third-order valence-electron chi connectivity index (χ3n) is 6.91. The maximum Gasteiger partial charge on any atom is 0.284 e. The van der Waals surface area contributed by atoms with Gasteiger partial charge in [-0.05, 0) is 17.0 Å². The summed E-state index contributed by atoms with van der Waals surface area (Å²) in [6.45, 7) is 21.2. The highest BCUT2D eigenvalue weighted by atomic mass is 28.5. The third kappa shape index (κ3) is 3.78. The molecule has 0 aliphatic rings. The lowest BCUT2D eigenvalue weighted by atomic mass is 10.4. The van der Waals surface area contributed by atoms with Crippen LogP contribution in [0.15, 0.2) is 60.7 Å². The van der Waals surface area contributed by atoms with Gasteiger partial charge in [-0.3, -0.25) is 0 Å². The summed E-state index contributed by atoms with van der Waals surface area (Å²) in [5.41, 5.74) is 0. The van der Waals surface area contributed by atoms with Crippen molar-refractivity contribution in [3.8, 4) is 0 Å². The summed E-state index contributed by atoms with van der Waals surface area (Å²) in [4.78, 5) is 11.8. The van der Waals surface area contributed by atoms with E-state index in [1.54, 1.807) is 0 Å². The van der Waals surface area contributed by atoms with Crippen molar-refractivity contribution in [2.24, 2.45) is 0 Å². The predicted molar refractivity (Wildman–Crippen MR) is 139 cm³/mol. The highest BCUT2D eigenvalue weighted by Gasteiger charge is 2.73. The molecule has 0 saturated carbocycles. The van der Waals surface area contributed by atoms with E-state index >= 15 is 0 Å². The lowest BCUT2D eigenvalue weighted by Crippen LogP contribution is -2.84. The average Bonchev–Trinajstić information content (AvgIpc) is 2.59. The fourth-order valence-corrected chi connectivity index (χ4v) is 54.1. The highest BCUT2D eigenvalue weighted by molar-refractivity contribution is 7.34. The van der Waals surface area contributed by atoms with Gasteiger partial charge in [-0.25, -0.2) is 0 Å². The van der Waals surface area contributed by atoms with Crippen LogP contribution in [0.2, 0.25) is 62.8 Å². The van der Waals surface area contributed by atoms with E-state index in [9.17, 15) is 10.1 Å². The normalized spacial score (nSPS) is 13.8. The van der Waals surface area contributed by atoms with E-state index in [1.807, 2.05) is 0 Å². The second kappa shape index (κ2) is 8.21. The summed E-state index contributed by atoms with van der Waals surface area (Å²) < 4.78 is 5.67. The number of hydrogen-bond acceptors (Lipinski definition) is 3. The van der Waals surface area contributed by atoms with Gasteiger partial charge in [-0.1, -0.05) is 117 Å². The first kappa shape index (κ1) is 24.8. The minimum atomic E-state index is -2.83. The SMILES string of the molecule is C[Si](C)(C)C([Si](C)(C)C)([Si](C)(C)O[N+](=O)[O-])[Si](C)(c1ccccc1)c1ccccc1. The molecule has 2 rings (SSSR count). The molecular formula is C22H37NO3Si4. The summed E-state index contributed by atoms with van der Waals surface area (Å²) in [6, 6.07) is 21.6. The van der Waals surface area contributed by atoms with Crippen molar-refractivity contribution < 1.29 is 9.61 Å². The van der Waals surface area contributed by atoms with Crippen LogP contribution in [0.4, 0.5) is 0 Å². The van der Waals surface area contributed by atoms with Gasteiger partial charge in [-0.2, -0.15) is 0 Å². The van der Waals surface area contributed by atoms with Crippen LogP contribution in [0.1, 0.15) is 0 Å². The third-order valence-corrected chi connectivity index (χ3v) is 41.7. The maximum absolute atomic E-state index is 11.8. The molecule has 0 fully saturated rings. The van der Waals surface area contributed by atoms with Crippen molar-refractivity contribution in [1.82, 2.24) is 0 Å². The smallest absolute Gasteiger partial charge is 0.284 e. The van der Waals surface area contributed by atoms with Crippen molar-refractivity contribution in [2.75, 3.05) is 0 Å². The molecule has 0 atom stereocenters. The van der Waals surface area contributed by atoms with Crippen LogP contribution in [0.3, 0.4) is 0 Å². The monoisotopic (exact) mass is 475 g/mol. The van der Waals surface area contributed by atoms with Crippen molar-refractivity contribution in [1.29, 1.82) is 0 Å². The number of nitrogens with zero attached hydrogens (tertiary/aromatic N) is 1. The van der Waals surface area contributed by atoms with Gasteiger partial charge < -0.3 is 4.53 Å². The molecule has 0 heterocycles. The van der Waals surface area contributed by atoms with Crippen LogP contribution in [0, 0.1) is 10.1 Å². The molecule has 0 N–H and O–H groups in total. The van der Waals surface area contributed by atoms with Crippen LogP contribution in [0.5, 0.6) is 0 Å². The lowest BCUT2D eigenvalue weighted by Gasteiger charge is -2.65. The summed E-state index contributed by atoms with van der Waals surface area (Å²) in [5.74, 6) is 0. The number of benzene rings is 2. The molecule has 2 aromatic rings. The van der Waals surface area contributed by atoms with E-state index < -0.39 is 37.6 Å². The van der Waals surface area contributed by atoms with E-state index in [1.165, 1.54) is 10.4 Å². The molecular weight excluding hydrogens is 439 g/mol. The zero-order valence-corrected chi connectivity index (χ0v) is 23.9. The Bertz CT molecular complexity index is 821. The van der Waals surface area contributed by atoms with Crippen LogP contribution in [-0.2, 0) is 4.53 Å². The molecule has 8 heteroatoms. The second-order valence-electron chi connectivity index (χ2n) is 10.9. The molecule has 0 aliphatic heterocycles. The largest absolute Gasteiger partial charge is 0.367 e. The molecule has 4 nitrogen and oxygen atoms in total. The van der Waals surface area contributed by atoms with Crippen molar-refractivity contribution >= 4 is 42.9 Å². The van der Waals surface area contributed by atoms with E-state index in [0.717, 1.165) is 0 Å². The summed E-state index contributed by atoms with van der Waals surface area (Å²) >= 11 is 0. The highest BCUT2D eigenvalue weighted by Crippen LogP contribution is 2.59. The molecule has 0 spiro atoms. The molecule has 30 heavy (non-hydrogen) atoms. The Hall–Kier alpha value is -1.49. The Balaban J connectivity index is 3.14. The number of rotatable bonds is 8. The van der Waals surface area contributed by atoms with Crippen LogP contribution >= 0.6 is 0 Å². The molecule has 0 aliphatic carbocycles. The maximum atomic E-state index is 11.8. The average molecular weight is 476 g/mol. The van der Waals surface area contributed by atoms with Gasteiger partial charge in [0.05, 0.1) is 0 Å². The molecule has 0 saturated heterocycles. The minimum absolute atomic E-state index is 0.143. The van der Waals surface area contributed by atoms with E-state index in [-0.39, 0.29) is 3.91 Å². The second-order valence-corrected chi connectivity index (χ2v) is 32.5. The standard InChI is InChI=1S/C22H37NO3Si4/c1-27(2,3)22(28(4,5)6,29(7,8)26-23(24)25)30(9,20-16-12-10-13-17-20)21-18-14-11-15-19-21/h10-19H,1-9H3. The summed E-state index contributed by atoms with van der Waals surface area (Å²) in [7, 11) is -9.37. The Kier molecular flexibility index (Phi) is 6.78. The van der Waals surface area contributed by atoms with Gasteiger partial charge in [0, 0.05) is 16.1 Å². The molecule has 0 radical (unpaired) electrons. The Labute approximate surface area is 186 Å². The molecule has 2 aromatic carbocycles. The van der Waals surface area contributed by atoms with Crippen molar-refractivity contribution in [2.45, 2.75) is 62.8 Å². The van der Waals surface area contributed by atoms with Gasteiger partial charge in [0.25, 0.3) is 5.09 Å². The van der Waals surface area contributed by atoms with E-state index in [2.05, 4.69) is 120 Å². The first-order valence-corrected chi connectivity index (χ1v) is 23.0.